The second-order valence-corrected chi connectivity index (χ2v) is 22.8. The van der Waals surface area contributed by atoms with Crippen molar-refractivity contribution in [1.82, 2.24) is 24.9 Å². The first-order valence-corrected chi connectivity index (χ1v) is 40.3. The predicted molar refractivity (Wildman–Crippen MR) is 479 cm³/mol. The first-order chi connectivity index (χ1) is 53.8. The van der Waals surface area contributed by atoms with E-state index in [1.165, 1.54) is 138 Å². The first kappa shape index (κ1) is 96.9. The molecule has 0 bridgehead atoms. The molecule has 10 nitrogen and oxygen atoms in total. The van der Waals surface area contributed by atoms with Crippen LogP contribution in [0.2, 0.25) is 0 Å². The van der Waals surface area contributed by atoms with Crippen LogP contribution in [0.3, 0.4) is 0 Å². The summed E-state index contributed by atoms with van der Waals surface area (Å²) in [5.74, 6) is 0. The summed E-state index contributed by atoms with van der Waals surface area (Å²) in [4.78, 5) is 21.0. The van der Waals surface area contributed by atoms with Crippen molar-refractivity contribution in [2.24, 2.45) is 35.2 Å². The van der Waals surface area contributed by atoms with Crippen LogP contribution in [0.15, 0.2) is 275 Å². The van der Waals surface area contributed by atoms with Gasteiger partial charge in [0.15, 0.2) is 24.8 Å². The second kappa shape index (κ2) is 55.3. The van der Waals surface area contributed by atoms with Crippen molar-refractivity contribution < 1.29 is 22.8 Å². The number of hydrogen-bond acceptors (Lipinski definition) is 5. The molecule has 0 aliphatic rings. The van der Waals surface area contributed by atoms with Gasteiger partial charge in [0.1, 0.15) is 35.2 Å². The quantitative estimate of drug-likeness (QED) is 0.160. The van der Waals surface area contributed by atoms with Gasteiger partial charge in [0, 0.05) is 115 Å². The highest BCUT2D eigenvalue weighted by Gasteiger charge is 2.20. The Hall–Kier alpha value is -11.1. The summed E-state index contributed by atoms with van der Waals surface area (Å²) in [6.07, 6.45) is 27.4. The zero-order chi connectivity index (χ0) is 82.7. The molecule has 15 rings (SSSR count). The van der Waals surface area contributed by atoms with Gasteiger partial charge in [-0.15, -0.1) is 0 Å². The molecular weight excluding hydrogens is 1340 g/mol. The third kappa shape index (κ3) is 26.9. The number of aryl methyl sites for hydroxylation is 10. The molecule has 0 unspecified atom stereocenters. The van der Waals surface area contributed by atoms with E-state index in [1.807, 2.05) is 207 Å². The van der Waals surface area contributed by atoms with Gasteiger partial charge in [-0.3, -0.25) is 24.9 Å². The monoisotopic (exact) mass is 1480 g/mol. The lowest BCUT2D eigenvalue weighted by molar-refractivity contribution is -0.659. The molecule has 0 saturated carbocycles. The molecule has 0 aliphatic carbocycles. The van der Waals surface area contributed by atoms with Crippen LogP contribution < -0.4 is 22.8 Å². The minimum absolute atomic E-state index is 1.19. The van der Waals surface area contributed by atoms with Crippen LogP contribution in [0.25, 0.3) is 110 Å². The van der Waals surface area contributed by atoms with Crippen molar-refractivity contribution in [1.29, 1.82) is 0 Å². The molecule has 580 valence electrons. The lowest BCUT2D eigenvalue weighted by Gasteiger charge is -2.06. The topological polar surface area (TPSA) is 83.8 Å². The number of benzene rings is 5. The fourth-order valence-electron chi connectivity index (χ4n) is 11.7. The summed E-state index contributed by atoms with van der Waals surface area (Å²) in [6.45, 7) is 50.5. The molecule has 0 spiro atoms. The van der Waals surface area contributed by atoms with Crippen molar-refractivity contribution in [3.63, 3.8) is 0 Å². The summed E-state index contributed by atoms with van der Waals surface area (Å²) < 4.78 is 10.9. The van der Waals surface area contributed by atoms with Crippen molar-refractivity contribution in [3.8, 4) is 56.3 Å². The molecule has 10 aromatic heterocycles. The van der Waals surface area contributed by atoms with Gasteiger partial charge in [0.25, 0.3) is 0 Å². The SMILES string of the molecule is CC.CC.CC.CC.CC.CC.CC.CC.CC.CC.Cc1ccncc1-c1c2ccccc2cc[n+]1C.Cc1ccncc1-c1cc2ccccc2c[n+]1C.Cc1cnccc1-c1c2ccccc2cc[n+]1C.Cc1cnccc1-c1cc2ccccc2c[n+]1C.Cc1cnccc1-c1ccc2ccccc2[n+]1C. The first-order valence-electron chi connectivity index (χ1n) is 40.3. The highest BCUT2D eigenvalue weighted by Crippen LogP contribution is 2.30. The Bertz CT molecular complexity index is 4730. The van der Waals surface area contributed by atoms with Crippen molar-refractivity contribution in [2.45, 2.75) is 173 Å². The summed E-state index contributed by atoms with van der Waals surface area (Å²) >= 11 is 0. The average Bonchev–Trinajstić information content (AvgIpc) is 0.836. The lowest BCUT2D eigenvalue weighted by Crippen LogP contribution is -2.32. The Morgan fingerprint density at radius 2 is 0.536 bits per heavy atom. The highest BCUT2D eigenvalue weighted by molar-refractivity contribution is 5.94. The van der Waals surface area contributed by atoms with E-state index in [0.717, 1.165) is 0 Å². The van der Waals surface area contributed by atoms with Crippen LogP contribution >= 0.6 is 0 Å². The van der Waals surface area contributed by atoms with Crippen LogP contribution in [0, 0.1) is 34.6 Å². The minimum Gasteiger partial charge on any atom is -0.264 e. The largest absolute Gasteiger partial charge is 0.264 e. The molecule has 0 fully saturated rings. The lowest BCUT2D eigenvalue weighted by atomic mass is 10.0. The summed E-state index contributed by atoms with van der Waals surface area (Å²) in [5.41, 5.74) is 19.5. The van der Waals surface area contributed by atoms with Gasteiger partial charge in [0.05, 0.1) is 38.6 Å². The Labute approximate surface area is 665 Å². The summed E-state index contributed by atoms with van der Waals surface area (Å²) in [6, 6.07) is 65.6. The van der Waals surface area contributed by atoms with E-state index in [2.05, 4.69) is 324 Å². The highest BCUT2D eigenvalue weighted by atomic mass is 14.9. The fraction of sp³-hybridized carbons (Fsp3) is 0.300. The zero-order valence-electron chi connectivity index (χ0n) is 73.0. The Morgan fingerprint density at radius 3 is 0.936 bits per heavy atom. The maximum Gasteiger partial charge on any atom is 0.221 e. The Morgan fingerprint density at radius 1 is 0.227 bits per heavy atom. The Kier molecular flexibility index (Phi) is 48.7. The number of rotatable bonds is 5. The molecule has 5 aromatic carbocycles. The zero-order valence-corrected chi connectivity index (χ0v) is 73.0. The van der Waals surface area contributed by atoms with E-state index >= 15 is 0 Å². The molecule has 0 radical (unpaired) electrons. The van der Waals surface area contributed by atoms with Gasteiger partial charge >= 0.3 is 0 Å². The van der Waals surface area contributed by atoms with Crippen molar-refractivity contribution >= 4 is 54.0 Å². The normalized spacial score (nSPS) is 9.36. The van der Waals surface area contributed by atoms with Gasteiger partial charge < -0.3 is 0 Å². The number of aromatic nitrogens is 10. The van der Waals surface area contributed by atoms with Crippen LogP contribution in [-0.2, 0) is 35.2 Å². The predicted octanol–water partition coefficient (Wildman–Crippen LogP) is 25.4. The number of para-hydroxylation sites is 1. The number of hydrogen-bond donors (Lipinski definition) is 0. The number of nitrogens with zero attached hydrogens (tertiary/aromatic N) is 10. The third-order valence-corrected chi connectivity index (χ3v) is 16.7. The van der Waals surface area contributed by atoms with Crippen molar-refractivity contribution in [2.75, 3.05) is 0 Å². The summed E-state index contributed by atoms with van der Waals surface area (Å²) in [7, 11) is 10.4. The Balaban J connectivity index is 0.000000649. The molecule has 0 atom stereocenters. The van der Waals surface area contributed by atoms with Crippen LogP contribution in [0.5, 0.6) is 0 Å². The van der Waals surface area contributed by atoms with E-state index in [9.17, 15) is 0 Å². The van der Waals surface area contributed by atoms with Crippen LogP contribution in [0.1, 0.15) is 166 Å². The van der Waals surface area contributed by atoms with E-state index < -0.39 is 0 Å². The maximum atomic E-state index is 4.26. The van der Waals surface area contributed by atoms with Gasteiger partial charge in [-0.05, 0) is 151 Å². The molecular formula is C100H135N10+5. The minimum atomic E-state index is 1.19. The standard InChI is InChI=1S/5C16H15N2.10C2H6/c1-12-11-17-9-7-14(12)16-15-6-4-3-5-13(15)8-10-18(16)2;1-12-7-9-17-11-15(12)16-14-6-4-3-5-13(14)8-10-18(16)2;1-12-10-17-8-7-15(12)16-9-13-5-3-4-6-14(13)11-18(16)2;1-12-7-8-17-10-15(12)16-9-13-5-3-4-6-14(13)11-18(16)2;1-12-11-17-10-9-14(12)16-8-7-13-5-3-4-6-15(13)18(16)2;10*1-2/h5*3-11H,1-2H3;10*1-2H3/q5*+1;;;;;;;;;;. The van der Waals surface area contributed by atoms with Crippen LogP contribution in [0.4, 0.5) is 0 Å². The summed E-state index contributed by atoms with van der Waals surface area (Å²) in [5, 5.41) is 11.4. The molecule has 0 N–H and O–H groups in total. The van der Waals surface area contributed by atoms with Gasteiger partial charge in [-0.1, -0.05) is 223 Å². The van der Waals surface area contributed by atoms with Crippen LogP contribution in [-0.4, -0.2) is 24.9 Å². The molecule has 10 heteroatoms. The second-order valence-electron chi connectivity index (χ2n) is 22.8. The molecule has 0 aliphatic heterocycles. The smallest absolute Gasteiger partial charge is 0.221 e. The van der Waals surface area contributed by atoms with E-state index in [1.54, 1.807) is 0 Å². The fourth-order valence-corrected chi connectivity index (χ4v) is 11.7. The van der Waals surface area contributed by atoms with Gasteiger partial charge in [-0.2, -0.15) is 4.57 Å². The average molecular weight is 1480 g/mol. The molecule has 110 heavy (non-hydrogen) atoms. The molecule has 0 saturated heterocycles. The molecule has 15 aromatic rings. The van der Waals surface area contributed by atoms with E-state index in [-0.39, 0.29) is 0 Å². The van der Waals surface area contributed by atoms with Gasteiger partial charge in [-0.25, -0.2) is 18.3 Å². The molecule has 10 heterocycles. The number of fused-ring (bicyclic) bond motifs is 5. The molecule has 0 amide bonds. The third-order valence-electron chi connectivity index (χ3n) is 16.7. The van der Waals surface area contributed by atoms with E-state index in [4.69, 9.17) is 0 Å². The van der Waals surface area contributed by atoms with E-state index in [0.29, 0.717) is 0 Å². The van der Waals surface area contributed by atoms with Crippen molar-refractivity contribution in [3.05, 3.63) is 303 Å². The maximum absolute atomic E-state index is 4.26. The number of pyridine rings is 10. The van der Waals surface area contributed by atoms with Gasteiger partial charge in [0.2, 0.25) is 34.0 Å².